The van der Waals surface area contributed by atoms with Gasteiger partial charge in [-0.3, -0.25) is 0 Å². The molecule has 0 bridgehead atoms. The average Bonchev–Trinajstić information content (AvgIpc) is 2.58. The lowest BCUT2D eigenvalue weighted by atomic mass is 10.2. The number of hydrogen-bond acceptors (Lipinski definition) is 4. The Morgan fingerprint density at radius 2 is 1.74 bits per heavy atom. The SMILES string of the molecule is Clc1ccc(Nc2ccnc(NCc3ccccc3)n2)cc1Cl. The van der Waals surface area contributed by atoms with E-state index in [9.17, 15) is 0 Å². The second-order valence-corrected chi connectivity index (χ2v) is 5.67. The molecule has 1 aromatic heterocycles. The summed E-state index contributed by atoms with van der Waals surface area (Å²) in [6.45, 7) is 0.664. The van der Waals surface area contributed by atoms with Gasteiger partial charge in [0.25, 0.3) is 0 Å². The molecule has 0 saturated heterocycles. The highest BCUT2D eigenvalue weighted by atomic mass is 35.5. The zero-order valence-electron chi connectivity index (χ0n) is 12.1. The molecular weight excluding hydrogens is 331 g/mol. The highest BCUT2D eigenvalue weighted by molar-refractivity contribution is 6.42. The molecule has 6 heteroatoms. The topological polar surface area (TPSA) is 49.8 Å². The number of hydrogen-bond donors (Lipinski definition) is 2. The molecule has 23 heavy (non-hydrogen) atoms. The molecule has 4 nitrogen and oxygen atoms in total. The summed E-state index contributed by atoms with van der Waals surface area (Å²) >= 11 is 11.9. The van der Waals surface area contributed by atoms with Gasteiger partial charge in [0.2, 0.25) is 5.95 Å². The van der Waals surface area contributed by atoms with Crippen molar-refractivity contribution in [2.75, 3.05) is 10.6 Å². The standard InChI is InChI=1S/C17H14Cl2N4/c18-14-7-6-13(10-15(14)19)22-16-8-9-20-17(23-16)21-11-12-4-2-1-3-5-12/h1-10H,11H2,(H2,20,21,22,23). The van der Waals surface area contributed by atoms with Crippen LogP contribution >= 0.6 is 23.2 Å². The largest absolute Gasteiger partial charge is 0.350 e. The van der Waals surface area contributed by atoms with Gasteiger partial charge in [-0.05, 0) is 29.8 Å². The van der Waals surface area contributed by atoms with E-state index in [1.807, 2.05) is 36.4 Å². The van der Waals surface area contributed by atoms with Crippen LogP contribution in [0.2, 0.25) is 10.0 Å². The zero-order valence-corrected chi connectivity index (χ0v) is 13.6. The van der Waals surface area contributed by atoms with Gasteiger partial charge < -0.3 is 10.6 Å². The fourth-order valence-electron chi connectivity index (χ4n) is 2.01. The summed E-state index contributed by atoms with van der Waals surface area (Å²) in [5.74, 6) is 1.23. The van der Waals surface area contributed by atoms with Crippen molar-refractivity contribution in [3.8, 4) is 0 Å². The third-order valence-corrected chi connectivity index (χ3v) is 3.88. The predicted molar refractivity (Wildman–Crippen MR) is 95.5 cm³/mol. The van der Waals surface area contributed by atoms with Crippen LogP contribution in [0, 0.1) is 0 Å². The molecule has 3 rings (SSSR count). The Balaban J connectivity index is 1.68. The molecule has 0 fully saturated rings. The first kappa shape index (κ1) is 15.6. The van der Waals surface area contributed by atoms with Crippen LogP contribution in [0.25, 0.3) is 0 Å². The fourth-order valence-corrected chi connectivity index (χ4v) is 2.31. The number of aromatic nitrogens is 2. The Labute approximate surface area is 144 Å². The van der Waals surface area contributed by atoms with Gasteiger partial charge in [0, 0.05) is 18.4 Å². The Bertz CT molecular complexity index is 794. The predicted octanol–water partition coefficient (Wildman–Crippen LogP) is 5.14. The third-order valence-electron chi connectivity index (χ3n) is 3.14. The van der Waals surface area contributed by atoms with E-state index in [1.165, 1.54) is 5.56 Å². The molecule has 0 aliphatic heterocycles. The summed E-state index contributed by atoms with van der Waals surface area (Å²) in [7, 11) is 0. The fraction of sp³-hybridized carbons (Fsp3) is 0.0588. The van der Waals surface area contributed by atoms with Crippen molar-refractivity contribution in [1.29, 1.82) is 0 Å². The maximum absolute atomic E-state index is 6.01. The first-order valence-electron chi connectivity index (χ1n) is 7.03. The van der Waals surface area contributed by atoms with Gasteiger partial charge in [-0.2, -0.15) is 4.98 Å². The Kier molecular flexibility index (Phi) is 4.95. The molecular formula is C17H14Cl2N4. The van der Waals surface area contributed by atoms with Crippen LogP contribution in [0.4, 0.5) is 17.5 Å². The highest BCUT2D eigenvalue weighted by Crippen LogP contribution is 2.26. The highest BCUT2D eigenvalue weighted by Gasteiger charge is 2.03. The lowest BCUT2D eigenvalue weighted by molar-refractivity contribution is 1.06. The van der Waals surface area contributed by atoms with Crippen LogP contribution in [0.5, 0.6) is 0 Å². The minimum Gasteiger partial charge on any atom is -0.350 e. The van der Waals surface area contributed by atoms with Gasteiger partial charge in [0.1, 0.15) is 5.82 Å². The van der Waals surface area contributed by atoms with Crippen molar-refractivity contribution in [3.63, 3.8) is 0 Å². The lowest BCUT2D eigenvalue weighted by Gasteiger charge is -2.09. The molecule has 0 spiro atoms. The average molecular weight is 345 g/mol. The van der Waals surface area contributed by atoms with E-state index in [0.29, 0.717) is 28.4 Å². The normalized spacial score (nSPS) is 10.3. The molecule has 116 valence electrons. The summed E-state index contributed by atoms with van der Waals surface area (Å²) in [5, 5.41) is 7.39. The minimum atomic E-state index is 0.494. The van der Waals surface area contributed by atoms with Crippen LogP contribution < -0.4 is 10.6 Å². The third kappa shape index (κ3) is 4.34. The number of halogens is 2. The van der Waals surface area contributed by atoms with Crippen molar-refractivity contribution in [3.05, 3.63) is 76.4 Å². The van der Waals surface area contributed by atoms with Crippen LogP contribution in [0.3, 0.4) is 0 Å². The van der Waals surface area contributed by atoms with Crippen molar-refractivity contribution >= 4 is 40.7 Å². The molecule has 0 radical (unpaired) electrons. The summed E-state index contributed by atoms with van der Waals surface area (Å²) < 4.78 is 0. The summed E-state index contributed by atoms with van der Waals surface area (Å²) in [4.78, 5) is 8.64. The lowest BCUT2D eigenvalue weighted by Crippen LogP contribution is -2.04. The van der Waals surface area contributed by atoms with E-state index < -0.39 is 0 Å². The molecule has 0 aliphatic rings. The quantitative estimate of drug-likeness (QED) is 0.672. The van der Waals surface area contributed by atoms with Gasteiger partial charge >= 0.3 is 0 Å². The van der Waals surface area contributed by atoms with Crippen LogP contribution in [0.1, 0.15) is 5.56 Å². The van der Waals surface area contributed by atoms with E-state index in [-0.39, 0.29) is 0 Å². The van der Waals surface area contributed by atoms with Crippen LogP contribution in [0.15, 0.2) is 60.8 Å². The van der Waals surface area contributed by atoms with Gasteiger partial charge in [-0.25, -0.2) is 4.98 Å². The van der Waals surface area contributed by atoms with Gasteiger partial charge in [-0.1, -0.05) is 53.5 Å². The number of nitrogens with zero attached hydrogens (tertiary/aromatic N) is 2. The number of rotatable bonds is 5. The summed E-state index contributed by atoms with van der Waals surface area (Å²) in [6, 6.07) is 17.2. The van der Waals surface area contributed by atoms with Gasteiger partial charge in [-0.15, -0.1) is 0 Å². The Morgan fingerprint density at radius 1 is 0.913 bits per heavy atom. The van der Waals surface area contributed by atoms with Gasteiger partial charge in [0.05, 0.1) is 10.0 Å². The number of anilines is 3. The van der Waals surface area contributed by atoms with Crippen molar-refractivity contribution < 1.29 is 0 Å². The summed E-state index contributed by atoms with van der Waals surface area (Å²) in [5.41, 5.74) is 1.98. The van der Waals surface area contributed by atoms with E-state index in [4.69, 9.17) is 23.2 Å². The molecule has 1 heterocycles. The molecule has 0 aliphatic carbocycles. The minimum absolute atomic E-state index is 0.494. The van der Waals surface area contributed by atoms with E-state index in [2.05, 4.69) is 20.6 Å². The molecule has 3 aromatic rings. The van der Waals surface area contributed by atoms with Crippen molar-refractivity contribution in [2.45, 2.75) is 6.54 Å². The smallest absolute Gasteiger partial charge is 0.224 e. The van der Waals surface area contributed by atoms with Crippen molar-refractivity contribution in [1.82, 2.24) is 9.97 Å². The molecule has 0 saturated carbocycles. The van der Waals surface area contributed by atoms with E-state index >= 15 is 0 Å². The number of benzene rings is 2. The molecule has 2 N–H and O–H groups in total. The first-order chi connectivity index (χ1) is 11.2. The van der Waals surface area contributed by atoms with Gasteiger partial charge in [0.15, 0.2) is 0 Å². The zero-order chi connectivity index (χ0) is 16.1. The van der Waals surface area contributed by atoms with Crippen molar-refractivity contribution in [2.24, 2.45) is 0 Å². The number of nitrogens with one attached hydrogen (secondary N) is 2. The second kappa shape index (κ2) is 7.31. The molecule has 2 aromatic carbocycles. The molecule has 0 atom stereocenters. The maximum atomic E-state index is 6.01. The molecule has 0 amide bonds. The summed E-state index contributed by atoms with van der Waals surface area (Å²) in [6.07, 6.45) is 1.69. The maximum Gasteiger partial charge on any atom is 0.224 e. The first-order valence-corrected chi connectivity index (χ1v) is 7.79. The Hall–Kier alpha value is -2.30. The Morgan fingerprint density at radius 3 is 2.52 bits per heavy atom. The van der Waals surface area contributed by atoms with E-state index in [0.717, 1.165) is 5.69 Å². The van der Waals surface area contributed by atoms with Crippen LogP contribution in [-0.2, 0) is 6.54 Å². The second-order valence-electron chi connectivity index (χ2n) is 4.86. The monoisotopic (exact) mass is 344 g/mol. The molecule has 0 unspecified atom stereocenters. The van der Waals surface area contributed by atoms with E-state index in [1.54, 1.807) is 24.4 Å². The van der Waals surface area contributed by atoms with Crippen LogP contribution in [-0.4, -0.2) is 9.97 Å².